The first kappa shape index (κ1) is 24.2. The Kier molecular flexibility index (Phi) is 8.57. The van der Waals surface area contributed by atoms with Crippen LogP contribution in [0.25, 0.3) is 6.08 Å². The third-order valence-corrected chi connectivity index (χ3v) is 4.23. The smallest absolute Gasteiger partial charge is 0.352 e. The van der Waals surface area contributed by atoms with E-state index in [9.17, 15) is 24.8 Å². The highest BCUT2D eigenvalue weighted by atomic mass is 35.5. The van der Waals surface area contributed by atoms with Crippen molar-refractivity contribution in [3.05, 3.63) is 81.7 Å². The van der Waals surface area contributed by atoms with Gasteiger partial charge in [0.1, 0.15) is 6.07 Å². The fraction of sp³-hybridized carbons (Fsp3) is 0.130. The monoisotopic (exact) mass is 453 g/mol. The lowest BCUT2D eigenvalue weighted by molar-refractivity contribution is -0.138. The van der Waals surface area contributed by atoms with Crippen LogP contribution in [0.5, 0.6) is 0 Å². The lowest BCUT2D eigenvalue weighted by Gasteiger charge is -2.12. The SMILES string of the molecule is CCOC(=O)C(C#N)=C(O)C(=Cc1ccc(Cl)cc1)NC(=O)c1ccc(NC(C)=O)cc1. The van der Waals surface area contributed by atoms with Crippen LogP contribution in [0.2, 0.25) is 5.02 Å². The molecule has 0 bridgehead atoms. The summed E-state index contributed by atoms with van der Waals surface area (Å²) >= 11 is 5.89. The topological polar surface area (TPSA) is 129 Å². The molecule has 164 valence electrons. The van der Waals surface area contributed by atoms with Crippen molar-refractivity contribution in [2.45, 2.75) is 13.8 Å². The molecule has 0 radical (unpaired) electrons. The number of esters is 1. The Hall–Kier alpha value is -4.09. The first-order chi connectivity index (χ1) is 15.2. The van der Waals surface area contributed by atoms with Crippen LogP contribution in [0, 0.1) is 11.3 Å². The van der Waals surface area contributed by atoms with E-state index in [-0.39, 0.29) is 23.8 Å². The summed E-state index contributed by atoms with van der Waals surface area (Å²) in [6.45, 7) is 2.92. The molecule has 0 saturated heterocycles. The van der Waals surface area contributed by atoms with Crippen molar-refractivity contribution in [1.29, 1.82) is 5.26 Å². The maximum absolute atomic E-state index is 12.8. The number of nitrogens with zero attached hydrogens (tertiary/aromatic N) is 1. The molecule has 0 aliphatic rings. The number of halogens is 1. The third kappa shape index (κ3) is 6.72. The van der Waals surface area contributed by atoms with Gasteiger partial charge >= 0.3 is 5.97 Å². The van der Waals surface area contributed by atoms with Crippen LogP contribution >= 0.6 is 11.6 Å². The van der Waals surface area contributed by atoms with E-state index in [4.69, 9.17) is 16.3 Å². The molecule has 0 fully saturated rings. The number of rotatable bonds is 7. The van der Waals surface area contributed by atoms with E-state index >= 15 is 0 Å². The van der Waals surface area contributed by atoms with Crippen LogP contribution in [0.15, 0.2) is 65.6 Å². The summed E-state index contributed by atoms with van der Waals surface area (Å²) in [5.41, 5.74) is 0.408. The number of amides is 2. The van der Waals surface area contributed by atoms with Crippen molar-refractivity contribution in [2.24, 2.45) is 0 Å². The fourth-order valence-electron chi connectivity index (χ4n) is 2.53. The van der Waals surface area contributed by atoms with Crippen molar-refractivity contribution in [3.8, 4) is 6.07 Å². The molecule has 2 aromatic rings. The lowest BCUT2D eigenvalue weighted by Crippen LogP contribution is -2.25. The van der Waals surface area contributed by atoms with E-state index in [1.165, 1.54) is 37.3 Å². The van der Waals surface area contributed by atoms with E-state index in [1.54, 1.807) is 37.3 Å². The minimum atomic E-state index is -1.02. The van der Waals surface area contributed by atoms with Gasteiger partial charge in [0.05, 0.1) is 12.3 Å². The van der Waals surface area contributed by atoms with Crippen LogP contribution < -0.4 is 10.6 Å². The number of hydrogen-bond donors (Lipinski definition) is 3. The highest BCUT2D eigenvalue weighted by Crippen LogP contribution is 2.18. The Morgan fingerprint density at radius 1 is 1.12 bits per heavy atom. The number of carbonyl (C=O) groups excluding carboxylic acids is 3. The number of ether oxygens (including phenoxy) is 1. The van der Waals surface area contributed by atoms with E-state index < -0.39 is 23.2 Å². The largest absolute Gasteiger partial charge is 0.504 e. The lowest BCUT2D eigenvalue weighted by atomic mass is 10.1. The number of aliphatic hydroxyl groups is 1. The molecule has 32 heavy (non-hydrogen) atoms. The predicted octanol–water partition coefficient (Wildman–Crippen LogP) is 3.97. The number of nitriles is 1. The summed E-state index contributed by atoms with van der Waals surface area (Å²) in [6.07, 6.45) is 1.38. The highest BCUT2D eigenvalue weighted by molar-refractivity contribution is 6.30. The molecule has 2 aromatic carbocycles. The minimum absolute atomic E-state index is 0.000527. The number of nitrogens with one attached hydrogen (secondary N) is 2. The molecule has 2 rings (SSSR count). The summed E-state index contributed by atoms with van der Waals surface area (Å²) in [4.78, 5) is 35.9. The molecule has 0 aliphatic carbocycles. The average molecular weight is 454 g/mol. The molecule has 0 heterocycles. The summed E-state index contributed by atoms with van der Waals surface area (Å²) in [6, 6.07) is 14.1. The van der Waals surface area contributed by atoms with Gasteiger partial charge in [0.2, 0.25) is 5.91 Å². The Labute approximate surface area is 189 Å². The molecular formula is C23H20ClN3O5. The first-order valence-corrected chi connectivity index (χ1v) is 9.80. The second kappa shape index (κ2) is 11.3. The van der Waals surface area contributed by atoms with Crippen molar-refractivity contribution in [3.63, 3.8) is 0 Å². The summed E-state index contributed by atoms with van der Waals surface area (Å²) in [7, 11) is 0. The van der Waals surface area contributed by atoms with Crippen LogP contribution in [0.1, 0.15) is 29.8 Å². The predicted molar refractivity (Wildman–Crippen MR) is 120 cm³/mol. The standard InChI is InChI=1S/C23H20ClN3O5/c1-3-32-23(31)19(13-25)21(29)20(12-15-4-8-17(24)9-5-15)27-22(30)16-6-10-18(11-7-16)26-14(2)28/h4-12,29H,3H2,1-2H3,(H,26,28)(H,27,30). The molecule has 0 saturated carbocycles. The van der Waals surface area contributed by atoms with Gasteiger partial charge in [0.25, 0.3) is 5.91 Å². The summed E-state index contributed by atoms with van der Waals surface area (Å²) in [5.74, 6) is -2.65. The second-order valence-corrected chi connectivity index (χ2v) is 6.81. The maximum Gasteiger partial charge on any atom is 0.352 e. The maximum atomic E-state index is 12.8. The Morgan fingerprint density at radius 2 is 1.75 bits per heavy atom. The number of carbonyl (C=O) groups is 3. The van der Waals surface area contributed by atoms with Crippen molar-refractivity contribution in [1.82, 2.24) is 5.32 Å². The third-order valence-electron chi connectivity index (χ3n) is 3.98. The van der Waals surface area contributed by atoms with Gasteiger partial charge in [-0.3, -0.25) is 9.59 Å². The van der Waals surface area contributed by atoms with Crippen molar-refractivity contribution in [2.75, 3.05) is 11.9 Å². The Bertz CT molecular complexity index is 1110. The quantitative estimate of drug-likeness (QED) is 0.191. The Balaban J connectivity index is 2.43. The molecule has 0 atom stereocenters. The van der Waals surface area contributed by atoms with Gasteiger partial charge in [-0.2, -0.15) is 5.26 Å². The van der Waals surface area contributed by atoms with Gasteiger partial charge in [-0.1, -0.05) is 23.7 Å². The zero-order chi connectivity index (χ0) is 23.7. The molecule has 0 aliphatic heterocycles. The highest BCUT2D eigenvalue weighted by Gasteiger charge is 2.21. The van der Waals surface area contributed by atoms with Crippen LogP contribution in [-0.2, 0) is 14.3 Å². The zero-order valence-corrected chi connectivity index (χ0v) is 18.1. The second-order valence-electron chi connectivity index (χ2n) is 6.38. The van der Waals surface area contributed by atoms with Crippen molar-refractivity contribution < 1.29 is 24.2 Å². The van der Waals surface area contributed by atoms with E-state index in [1.807, 2.05) is 0 Å². The number of aliphatic hydroxyl groups excluding tert-OH is 1. The van der Waals surface area contributed by atoms with Crippen molar-refractivity contribution >= 4 is 41.1 Å². The molecule has 9 heteroatoms. The van der Waals surface area contributed by atoms with E-state index in [0.29, 0.717) is 16.3 Å². The summed E-state index contributed by atoms with van der Waals surface area (Å²) < 4.78 is 4.80. The van der Waals surface area contributed by atoms with Crippen LogP contribution in [-0.4, -0.2) is 29.5 Å². The molecule has 0 unspecified atom stereocenters. The molecular weight excluding hydrogens is 434 g/mol. The average Bonchev–Trinajstić information content (AvgIpc) is 2.75. The minimum Gasteiger partial charge on any atom is -0.504 e. The van der Waals surface area contributed by atoms with Gasteiger partial charge < -0.3 is 20.5 Å². The van der Waals surface area contributed by atoms with Gasteiger partial charge in [-0.05, 0) is 55.0 Å². The normalized spacial score (nSPS) is 11.6. The zero-order valence-electron chi connectivity index (χ0n) is 17.3. The molecule has 0 aromatic heterocycles. The molecule has 2 amide bonds. The molecule has 3 N–H and O–H groups in total. The number of anilines is 1. The number of benzene rings is 2. The van der Waals surface area contributed by atoms with Gasteiger partial charge in [0, 0.05) is 23.2 Å². The van der Waals surface area contributed by atoms with Gasteiger partial charge in [0.15, 0.2) is 11.3 Å². The van der Waals surface area contributed by atoms with Crippen LogP contribution in [0.3, 0.4) is 0 Å². The molecule has 8 nitrogen and oxygen atoms in total. The van der Waals surface area contributed by atoms with Gasteiger partial charge in [-0.25, -0.2) is 4.79 Å². The van der Waals surface area contributed by atoms with E-state index in [0.717, 1.165) is 0 Å². The first-order valence-electron chi connectivity index (χ1n) is 9.42. The Morgan fingerprint density at radius 3 is 2.28 bits per heavy atom. The van der Waals surface area contributed by atoms with Gasteiger partial charge in [-0.15, -0.1) is 0 Å². The summed E-state index contributed by atoms with van der Waals surface area (Å²) in [5, 5.41) is 25.5. The number of hydrogen-bond acceptors (Lipinski definition) is 6. The van der Waals surface area contributed by atoms with E-state index in [2.05, 4.69) is 10.6 Å². The molecule has 0 spiro atoms. The van der Waals surface area contributed by atoms with Crippen LogP contribution in [0.4, 0.5) is 5.69 Å². The fourth-order valence-corrected chi connectivity index (χ4v) is 2.65.